The van der Waals surface area contributed by atoms with Gasteiger partial charge in [0.1, 0.15) is 0 Å². The van der Waals surface area contributed by atoms with Crippen molar-refractivity contribution in [2.45, 2.75) is 39.8 Å². The summed E-state index contributed by atoms with van der Waals surface area (Å²) in [5, 5.41) is 0. The van der Waals surface area contributed by atoms with Crippen molar-refractivity contribution in [1.82, 2.24) is 14.7 Å². The largest absolute Gasteiger partial charge is 0.493 e. The summed E-state index contributed by atoms with van der Waals surface area (Å²) in [7, 11) is 4.67. The van der Waals surface area contributed by atoms with Gasteiger partial charge in [-0.1, -0.05) is 0 Å². The maximum Gasteiger partial charge on any atom is 0.246 e. The average molecular weight is 448 g/mol. The van der Waals surface area contributed by atoms with Crippen LogP contribution in [0.2, 0.25) is 0 Å². The van der Waals surface area contributed by atoms with Crippen molar-refractivity contribution >= 4 is 17.9 Å². The van der Waals surface area contributed by atoms with Crippen molar-refractivity contribution in [2.24, 2.45) is 0 Å². The molecule has 8 nitrogen and oxygen atoms in total. The Bertz CT molecular complexity index is 781. The summed E-state index contributed by atoms with van der Waals surface area (Å²) in [5.41, 5.74) is 0.777. The Morgan fingerprint density at radius 2 is 1.47 bits per heavy atom. The summed E-state index contributed by atoms with van der Waals surface area (Å²) in [6, 6.07) is 3.93. The number of nitrogens with zero attached hydrogens (tertiary/aromatic N) is 3. The molecule has 0 N–H and O–H groups in total. The third-order valence-corrected chi connectivity index (χ3v) is 5.55. The molecule has 1 aliphatic rings. The molecule has 1 fully saturated rings. The van der Waals surface area contributed by atoms with Crippen molar-refractivity contribution in [3.63, 3.8) is 0 Å². The summed E-state index contributed by atoms with van der Waals surface area (Å²) in [6.07, 6.45) is 3.30. The Kier molecular flexibility index (Phi) is 9.38. The van der Waals surface area contributed by atoms with Gasteiger partial charge < -0.3 is 24.0 Å². The van der Waals surface area contributed by atoms with Crippen molar-refractivity contribution < 1.29 is 23.8 Å². The lowest BCUT2D eigenvalue weighted by Gasteiger charge is -2.37. The highest BCUT2D eigenvalue weighted by atomic mass is 16.5. The molecule has 0 radical (unpaired) electrons. The second-order valence-electron chi connectivity index (χ2n) is 8.38. The van der Waals surface area contributed by atoms with Crippen LogP contribution in [0.5, 0.6) is 17.2 Å². The molecule has 1 aromatic rings. The number of methoxy groups -OCH3 is 3. The Morgan fingerprint density at radius 3 is 1.91 bits per heavy atom. The smallest absolute Gasteiger partial charge is 0.246 e. The minimum atomic E-state index is -0.0595. The number of piperazine rings is 1. The van der Waals surface area contributed by atoms with Crippen LogP contribution in [0.15, 0.2) is 18.2 Å². The molecule has 2 rings (SSSR count). The van der Waals surface area contributed by atoms with E-state index in [4.69, 9.17) is 14.2 Å². The Hall–Kier alpha value is -2.74. The highest BCUT2D eigenvalue weighted by molar-refractivity contribution is 5.92. The minimum Gasteiger partial charge on any atom is -0.493 e. The molecule has 1 aliphatic heterocycles. The van der Waals surface area contributed by atoms with Crippen molar-refractivity contribution in [2.75, 3.05) is 54.1 Å². The van der Waals surface area contributed by atoms with Gasteiger partial charge in [0.15, 0.2) is 11.5 Å². The molecule has 1 saturated heterocycles. The Balaban J connectivity index is 1.95. The van der Waals surface area contributed by atoms with E-state index in [1.165, 1.54) is 0 Å². The van der Waals surface area contributed by atoms with Crippen molar-refractivity contribution in [1.29, 1.82) is 0 Å². The highest BCUT2D eigenvalue weighted by Crippen LogP contribution is 2.38. The van der Waals surface area contributed by atoms with Gasteiger partial charge in [-0.15, -0.1) is 0 Å². The van der Waals surface area contributed by atoms with Gasteiger partial charge in [0.25, 0.3) is 0 Å². The van der Waals surface area contributed by atoms with E-state index in [2.05, 4.69) is 4.90 Å². The van der Waals surface area contributed by atoms with Crippen LogP contribution >= 0.6 is 0 Å². The molecule has 32 heavy (non-hydrogen) atoms. The summed E-state index contributed by atoms with van der Waals surface area (Å²) >= 11 is 0. The molecule has 0 spiro atoms. The van der Waals surface area contributed by atoms with Crippen LogP contribution in [0.1, 0.15) is 33.3 Å². The Labute approximate surface area is 191 Å². The van der Waals surface area contributed by atoms with Gasteiger partial charge >= 0.3 is 0 Å². The monoisotopic (exact) mass is 447 g/mol. The zero-order chi connectivity index (χ0) is 23.8. The van der Waals surface area contributed by atoms with Crippen LogP contribution < -0.4 is 14.2 Å². The van der Waals surface area contributed by atoms with Gasteiger partial charge in [-0.3, -0.25) is 14.5 Å². The SMILES string of the molecule is COc1cc(/C=C/C(=O)N2CCN(CC(=O)N(C(C)C)C(C)C)CC2)cc(OC)c1OC. The third-order valence-electron chi connectivity index (χ3n) is 5.55. The van der Waals surface area contributed by atoms with Crippen LogP contribution in [0.25, 0.3) is 6.08 Å². The molecule has 0 saturated carbocycles. The number of benzene rings is 1. The lowest BCUT2D eigenvalue weighted by Crippen LogP contribution is -2.53. The molecule has 8 heteroatoms. The fourth-order valence-electron chi connectivity index (χ4n) is 4.04. The predicted molar refractivity (Wildman–Crippen MR) is 125 cm³/mol. The molecule has 1 aromatic carbocycles. The van der Waals surface area contributed by atoms with E-state index in [0.29, 0.717) is 50.0 Å². The summed E-state index contributed by atoms with van der Waals surface area (Å²) in [5.74, 6) is 1.66. The molecule has 0 aromatic heterocycles. The Morgan fingerprint density at radius 1 is 0.938 bits per heavy atom. The first-order chi connectivity index (χ1) is 15.2. The number of carbonyl (C=O) groups is 2. The van der Waals surface area contributed by atoms with Crippen LogP contribution in [0.3, 0.4) is 0 Å². The molecule has 1 heterocycles. The second kappa shape index (κ2) is 11.8. The van der Waals surface area contributed by atoms with Crippen LogP contribution in [0.4, 0.5) is 0 Å². The molecule has 0 unspecified atom stereocenters. The van der Waals surface area contributed by atoms with E-state index in [9.17, 15) is 9.59 Å². The van der Waals surface area contributed by atoms with E-state index in [-0.39, 0.29) is 23.9 Å². The minimum absolute atomic E-state index is 0.0595. The van der Waals surface area contributed by atoms with Gasteiger partial charge in [0.05, 0.1) is 27.9 Å². The number of carbonyl (C=O) groups excluding carboxylic acids is 2. The maximum atomic E-state index is 12.7. The van der Waals surface area contributed by atoms with Gasteiger partial charge in [-0.25, -0.2) is 0 Å². The second-order valence-corrected chi connectivity index (χ2v) is 8.38. The normalized spacial score (nSPS) is 14.8. The standard InChI is InChI=1S/C24H37N3O5/c1-17(2)27(18(3)4)23(29)16-25-10-12-26(13-11-25)22(28)9-8-19-14-20(30-5)24(32-7)21(15-19)31-6/h8-9,14-15,17-18H,10-13,16H2,1-7H3/b9-8+. The lowest BCUT2D eigenvalue weighted by atomic mass is 10.1. The number of amides is 2. The van der Waals surface area contributed by atoms with E-state index in [0.717, 1.165) is 5.56 Å². The fraction of sp³-hybridized carbons (Fsp3) is 0.583. The molecular weight excluding hydrogens is 410 g/mol. The predicted octanol–water partition coefficient (Wildman–Crippen LogP) is 2.52. The number of hydrogen-bond donors (Lipinski definition) is 0. The van der Waals surface area contributed by atoms with Crippen molar-refractivity contribution in [3.05, 3.63) is 23.8 Å². The van der Waals surface area contributed by atoms with Gasteiger partial charge in [0, 0.05) is 44.3 Å². The quantitative estimate of drug-likeness (QED) is 0.542. The first kappa shape index (κ1) is 25.5. The average Bonchev–Trinajstić information content (AvgIpc) is 2.76. The zero-order valence-electron chi connectivity index (χ0n) is 20.4. The van der Waals surface area contributed by atoms with E-state index in [1.807, 2.05) is 32.6 Å². The summed E-state index contributed by atoms with van der Waals surface area (Å²) < 4.78 is 16.1. The maximum absolute atomic E-state index is 12.7. The van der Waals surface area contributed by atoms with Crippen LogP contribution in [0, 0.1) is 0 Å². The molecule has 2 amide bonds. The summed E-state index contributed by atoms with van der Waals surface area (Å²) in [6.45, 7) is 11.1. The highest BCUT2D eigenvalue weighted by Gasteiger charge is 2.25. The van der Waals surface area contributed by atoms with Gasteiger partial charge in [-0.2, -0.15) is 0 Å². The number of ether oxygens (including phenoxy) is 3. The number of hydrogen-bond acceptors (Lipinski definition) is 6. The first-order valence-electron chi connectivity index (χ1n) is 11.0. The van der Waals surface area contributed by atoms with Crippen LogP contribution in [-0.4, -0.2) is 92.7 Å². The van der Waals surface area contributed by atoms with Gasteiger partial charge in [0.2, 0.25) is 17.6 Å². The summed E-state index contributed by atoms with van der Waals surface area (Å²) in [4.78, 5) is 31.2. The molecule has 178 valence electrons. The van der Waals surface area contributed by atoms with E-state index >= 15 is 0 Å². The molecule has 0 atom stereocenters. The lowest BCUT2D eigenvalue weighted by molar-refractivity contribution is -0.136. The first-order valence-corrected chi connectivity index (χ1v) is 11.0. The van der Waals surface area contributed by atoms with E-state index < -0.39 is 0 Å². The van der Waals surface area contributed by atoms with Crippen LogP contribution in [-0.2, 0) is 9.59 Å². The zero-order valence-corrected chi connectivity index (χ0v) is 20.4. The topological polar surface area (TPSA) is 71.6 Å². The molecule has 0 bridgehead atoms. The number of rotatable bonds is 9. The van der Waals surface area contributed by atoms with E-state index in [1.54, 1.807) is 50.5 Å². The molecular formula is C24H37N3O5. The fourth-order valence-corrected chi connectivity index (χ4v) is 4.04. The third kappa shape index (κ3) is 6.38. The van der Waals surface area contributed by atoms with Crippen molar-refractivity contribution in [3.8, 4) is 17.2 Å². The molecule has 0 aliphatic carbocycles. The van der Waals surface area contributed by atoms with Gasteiger partial charge in [-0.05, 0) is 51.5 Å².